The van der Waals surface area contributed by atoms with Gasteiger partial charge in [0, 0.05) is 0 Å². The minimum absolute atomic E-state index is 0.0302. The third kappa shape index (κ3) is 2.34. The molecule has 0 radical (unpaired) electrons. The van der Waals surface area contributed by atoms with E-state index in [-0.39, 0.29) is 5.76 Å². The first kappa shape index (κ1) is 12.6. The molecule has 0 aliphatic carbocycles. The molecule has 5 heteroatoms. The molecule has 2 heterocycles. The Hall–Kier alpha value is -2.43. The number of ether oxygens (including phenoxy) is 1. The van der Waals surface area contributed by atoms with Gasteiger partial charge in [-0.1, -0.05) is 6.07 Å². The lowest BCUT2D eigenvalue weighted by Crippen LogP contribution is -2.32. The molecule has 2 aromatic rings. The molecule has 1 aliphatic rings. The molecule has 0 fully saturated rings. The van der Waals surface area contributed by atoms with Crippen molar-refractivity contribution >= 4 is 11.7 Å². The molecule has 1 aliphatic heterocycles. The molecule has 0 spiro atoms. The van der Waals surface area contributed by atoms with Gasteiger partial charge in [-0.15, -0.1) is 0 Å². The van der Waals surface area contributed by atoms with Gasteiger partial charge < -0.3 is 19.2 Å². The number of nitrogens with zero attached hydrogens (tertiary/aromatic N) is 1. The van der Waals surface area contributed by atoms with Crippen LogP contribution in [0.4, 0.5) is 5.69 Å². The number of anilines is 1. The van der Waals surface area contributed by atoms with E-state index in [0.717, 1.165) is 23.5 Å². The van der Waals surface area contributed by atoms with Crippen LogP contribution in [0.2, 0.25) is 0 Å². The van der Waals surface area contributed by atoms with Crippen molar-refractivity contribution in [3.05, 3.63) is 47.4 Å². The topological polar surface area (TPSA) is 62.9 Å². The van der Waals surface area contributed by atoms with Crippen molar-refractivity contribution in [2.24, 2.45) is 0 Å². The van der Waals surface area contributed by atoms with Crippen LogP contribution in [0.3, 0.4) is 0 Å². The van der Waals surface area contributed by atoms with E-state index in [1.54, 1.807) is 6.07 Å². The first-order chi connectivity index (χ1) is 9.63. The van der Waals surface area contributed by atoms with E-state index >= 15 is 0 Å². The van der Waals surface area contributed by atoms with Crippen LogP contribution in [-0.4, -0.2) is 24.2 Å². The number of carboxylic acid groups (broad SMARTS) is 1. The minimum Gasteiger partial charge on any atom is -0.490 e. The van der Waals surface area contributed by atoms with E-state index in [4.69, 9.17) is 14.3 Å². The Labute approximate surface area is 116 Å². The van der Waals surface area contributed by atoms with Gasteiger partial charge in [-0.05, 0) is 36.8 Å². The summed E-state index contributed by atoms with van der Waals surface area (Å²) in [6, 6.07) is 9.24. The fraction of sp³-hybridized carbons (Fsp3) is 0.267. The number of aryl methyl sites for hydroxylation is 1. The van der Waals surface area contributed by atoms with Crippen LogP contribution in [0.15, 0.2) is 34.7 Å². The van der Waals surface area contributed by atoms with E-state index in [1.807, 2.05) is 25.1 Å². The number of furan rings is 1. The lowest BCUT2D eigenvalue weighted by Gasteiger charge is -2.30. The number of aromatic carboxylic acids is 1. The SMILES string of the molecule is Cc1ccc2c(c1)OCCN2Cc1ccc(C(=O)O)o1. The number of benzene rings is 1. The summed E-state index contributed by atoms with van der Waals surface area (Å²) < 4.78 is 11.0. The fourth-order valence-electron chi connectivity index (χ4n) is 2.31. The number of fused-ring (bicyclic) bond motifs is 1. The van der Waals surface area contributed by atoms with Crippen molar-refractivity contribution < 1.29 is 19.1 Å². The Bertz CT molecular complexity index is 647. The summed E-state index contributed by atoms with van der Waals surface area (Å²) in [7, 11) is 0. The maximum absolute atomic E-state index is 10.8. The molecule has 0 bridgehead atoms. The monoisotopic (exact) mass is 273 g/mol. The third-order valence-electron chi connectivity index (χ3n) is 3.29. The average Bonchev–Trinajstić information content (AvgIpc) is 2.87. The Kier molecular flexibility index (Phi) is 3.10. The summed E-state index contributed by atoms with van der Waals surface area (Å²) in [4.78, 5) is 12.9. The number of hydrogen-bond acceptors (Lipinski definition) is 4. The van der Waals surface area contributed by atoms with Crippen LogP contribution in [0, 0.1) is 6.92 Å². The smallest absolute Gasteiger partial charge is 0.371 e. The van der Waals surface area contributed by atoms with Gasteiger partial charge >= 0.3 is 5.97 Å². The molecule has 1 aromatic heterocycles. The first-order valence-electron chi connectivity index (χ1n) is 6.44. The van der Waals surface area contributed by atoms with Crippen LogP contribution in [-0.2, 0) is 6.54 Å². The van der Waals surface area contributed by atoms with Crippen LogP contribution >= 0.6 is 0 Å². The molecule has 1 N–H and O–H groups in total. The molecule has 0 saturated carbocycles. The zero-order valence-electron chi connectivity index (χ0n) is 11.1. The Morgan fingerprint density at radius 1 is 1.35 bits per heavy atom. The van der Waals surface area contributed by atoms with Gasteiger partial charge in [-0.25, -0.2) is 4.79 Å². The van der Waals surface area contributed by atoms with Crippen molar-refractivity contribution in [2.45, 2.75) is 13.5 Å². The third-order valence-corrected chi connectivity index (χ3v) is 3.29. The van der Waals surface area contributed by atoms with E-state index in [9.17, 15) is 4.79 Å². The minimum atomic E-state index is -1.05. The Morgan fingerprint density at radius 2 is 2.20 bits per heavy atom. The summed E-state index contributed by atoms with van der Waals surface area (Å²) in [5.74, 6) is 0.420. The maximum Gasteiger partial charge on any atom is 0.371 e. The lowest BCUT2D eigenvalue weighted by molar-refractivity contribution is 0.0660. The van der Waals surface area contributed by atoms with Crippen LogP contribution in [0.5, 0.6) is 5.75 Å². The summed E-state index contributed by atoms with van der Waals surface area (Å²) >= 11 is 0. The molecule has 0 saturated heterocycles. The molecular weight excluding hydrogens is 258 g/mol. The second-order valence-corrected chi connectivity index (χ2v) is 4.81. The van der Waals surface area contributed by atoms with E-state index in [1.165, 1.54) is 6.07 Å². The van der Waals surface area contributed by atoms with Gasteiger partial charge in [-0.2, -0.15) is 0 Å². The van der Waals surface area contributed by atoms with E-state index in [2.05, 4.69) is 4.90 Å². The average molecular weight is 273 g/mol. The van der Waals surface area contributed by atoms with Gasteiger partial charge in [-0.3, -0.25) is 0 Å². The molecular formula is C15H15NO4. The Balaban J connectivity index is 1.83. The standard InChI is InChI=1S/C15H15NO4/c1-10-2-4-12-14(8-10)19-7-6-16(12)9-11-3-5-13(20-11)15(17)18/h2-5,8H,6-7,9H2,1H3,(H,17,18). The van der Waals surface area contributed by atoms with Crippen molar-refractivity contribution in [3.63, 3.8) is 0 Å². The van der Waals surface area contributed by atoms with Crippen LogP contribution < -0.4 is 9.64 Å². The number of carboxylic acids is 1. The van der Waals surface area contributed by atoms with Gasteiger partial charge in [0.15, 0.2) is 0 Å². The van der Waals surface area contributed by atoms with E-state index in [0.29, 0.717) is 18.9 Å². The van der Waals surface area contributed by atoms with Gasteiger partial charge in [0.05, 0.1) is 18.8 Å². The molecule has 0 amide bonds. The van der Waals surface area contributed by atoms with Gasteiger partial charge in [0.2, 0.25) is 5.76 Å². The number of hydrogen-bond donors (Lipinski definition) is 1. The first-order valence-corrected chi connectivity index (χ1v) is 6.44. The fourth-order valence-corrected chi connectivity index (χ4v) is 2.31. The quantitative estimate of drug-likeness (QED) is 0.931. The summed E-state index contributed by atoms with van der Waals surface area (Å²) in [5.41, 5.74) is 2.16. The largest absolute Gasteiger partial charge is 0.490 e. The van der Waals surface area contributed by atoms with Gasteiger partial charge in [0.25, 0.3) is 0 Å². The van der Waals surface area contributed by atoms with Gasteiger partial charge in [0.1, 0.15) is 18.1 Å². The normalized spacial score (nSPS) is 13.8. The van der Waals surface area contributed by atoms with Crippen molar-refractivity contribution in [1.29, 1.82) is 0 Å². The summed E-state index contributed by atoms with van der Waals surface area (Å²) in [6.45, 7) is 3.92. The highest BCUT2D eigenvalue weighted by Gasteiger charge is 2.20. The zero-order chi connectivity index (χ0) is 14.1. The predicted octanol–water partition coefficient (Wildman–Crippen LogP) is 2.69. The Morgan fingerprint density at radius 3 is 2.95 bits per heavy atom. The zero-order valence-corrected chi connectivity index (χ0v) is 11.1. The lowest BCUT2D eigenvalue weighted by atomic mass is 10.1. The highest BCUT2D eigenvalue weighted by Crippen LogP contribution is 2.33. The second kappa shape index (κ2) is 4.92. The predicted molar refractivity (Wildman–Crippen MR) is 73.4 cm³/mol. The van der Waals surface area contributed by atoms with Crippen molar-refractivity contribution in [3.8, 4) is 5.75 Å². The molecule has 104 valence electrons. The molecule has 5 nitrogen and oxygen atoms in total. The molecule has 20 heavy (non-hydrogen) atoms. The van der Waals surface area contributed by atoms with Crippen LogP contribution in [0.1, 0.15) is 21.9 Å². The van der Waals surface area contributed by atoms with Crippen LogP contribution in [0.25, 0.3) is 0 Å². The highest BCUT2D eigenvalue weighted by molar-refractivity contribution is 5.84. The molecule has 0 atom stereocenters. The van der Waals surface area contributed by atoms with Crippen molar-refractivity contribution in [2.75, 3.05) is 18.1 Å². The molecule has 3 rings (SSSR count). The van der Waals surface area contributed by atoms with E-state index < -0.39 is 5.97 Å². The molecule has 0 unspecified atom stereocenters. The number of rotatable bonds is 3. The second-order valence-electron chi connectivity index (χ2n) is 4.81. The maximum atomic E-state index is 10.8. The summed E-state index contributed by atoms with van der Waals surface area (Å²) in [6.07, 6.45) is 0. The highest BCUT2D eigenvalue weighted by atomic mass is 16.5. The molecule has 1 aromatic carbocycles. The number of carbonyl (C=O) groups is 1. The summed E-state index contributed by atoms with van der Waals surface area (Å²) in [5, 5.41) is 8.86. The van der Waals surface area contributed by atoms with Crippen molar-refractivity contribution in [1.82, 2.24) is 0 Å².